The number of nitrogens with one attached hydrogen (secondary N) is 1. The molecule has 1 aromatic carbocycles. The molecule has 0 bridgehead atoms. The summed E-state index contributed by atoms with van der Waals surface area (Å²) < 4.78 is 0. The molecular weight excluding hydrogens is 274 g/mol. The highest BCUT2D eigenvalue weighted by Crippen LogP contribution is 2.22. The second kappa shape index (κ2) is 6.63. The average Bonchev–Trinajstić information content (AvgIpc) is 2.61. The third kappa shape index (κ3) is 3.17. The molecule has 0 saturated carbocycles. The van der Waals surface area contributed by atoms with Crippen molar-refractivity contribution in [3.05, 3.63) is 84.4 Å². The van der Waals surface area contributed by atoms with E-state index in [0.717, 1.165) is 16.7 Å². The van der Waals surface area contributed by atoms with Crippen LogP contribution in [0.5, 0.6) is 0 Å². The quantitative estimate of drug-likeness (QED) is 0.803. The Kier molecular flexibility index (Phi) is 4.20. The van der Waals surface area contributed by atoms with Gasteiger partial charge in [-0.3, -0.25) is 14.8 Å². The van der Waals surface area contributed by atoms with E-state index in [1.165, 1.54) is 0 Å². The van der Waals surface area contributed by atoms with Gasteiger partial charge in [0.2, 0.25) is 0 Å². The molecule has 2 aromatic heterocycles. The van der Waals surface area contributed by atoms with Gasteiger partial charge in [0.05, 0.1) is 0 Å². The molecule has 0 radical (unpaired) electrons. The van der Waals surface area contributed by atoms with Gasteiger partial charge in [-0.2, -0.15) is 0 Å². The first kappa shape index (κ1) is 13.9. The Morgan fingerprint density at radius 3 is 2.50 bits per heavy atom. The zero-order valence-corrected chi connectivity index (χ0v) is 11.9. The molecule has 4 heteroatoms. The van der Waals surface area contributed by atoms with Crippen LogP contribution in [-0.4, -0.2) is 15.9 Å². The summed E-state index contributed by atoms with van der Waals surface area (Å²) in [4.78, 5) is 20.5. The van der Waals surface area contributed by atoms with Gasteiger partial charge in [-0.25, -0.2) is 0 Å². The normalized spacial score (nSPS) is 10.2. The van der Waals surface area contributed by atoms with Crippen molar-refractivity contribution in [3.8, 4) is 11.1 Å². The van der Waals surface area contributed by atoms with Crippen LogP contribution in [0.1, 0.15) is 15.9 Å². The first-order valence-corrected chi connectivity index (χ1v) is 7.01. The van der Waals surface area contributed by atoms with E-state index in [9.17, 15) is 4.79 Å². The number of amides is 1. The molecule has 1 N–H and O–H groups in total. The monoisotopic (exact) mass is 289 g/mol. The summed E-state index contributed by atoms with van der Waals surface area (Å²) in [6.45, 7) is 0.475. The number of nitrogens with zero attached hydrogens (tertiary/aromatic N) is 2. The maximum atomic E-state index is 12.5. The number of hydrogen-bond donors (Lipinski definition) is 1. The van der Waals surface area contributed by atoms with Gasteiger partial charge in [0.1, 0.15) is 0 Å². The number of carbonyl (C=O) groups is 1. The van der Waals surface area contributed by atoms with Gasteiger partial charge in [-0.15, -0.1) is 0 Å². The van der Waals surface area contributed by atoms with Crippen LogP contribution in [0.15, 0.2) is 73.3 Å². The predicted molar refractivity (Wildman–Crippen MR) is 85.1 cm³/mol. The summed E-state index contributed by atoms with van der Waals surface area (Å²) in [5.41, 5.74) is 3.46. The molecule has 0 saturated heterocycles. The Morgan fingerprint density at radius 2 is 1.73 bits per heavy atom. The van der Waals surface area contributed by atoms with Crippen LogP contribution in [0.3, 0.4) is 0 Å². The van der Waals surface area contributed by atoms with E-state index in [4.69, 9.17) is 0 Å². The molecular formula is C18H15N3O. The third-order valence-electron chi connectivity index (χ3n) is 3.35. The van der Waals surface area contributed by atoms with Crippen molar-refractivity contribution in [2.24, 2.45) is 0 Å². The van der Waals surface area contributed by atoms with Gasteiger partial charge < -0.3 is 5.32 Å². The molecule has 4 nitrogen and oxygen atoms in total. The summed E-state index contributed by atoms with van der Waals surface area (Å²) in [6.07, 6.45) is 6.90. The van der Waals surface area contributed by atoms with Crippen LogP contribution >= 0.6 is 0 Å². The largest absolute Gasteiger partial charge is 0.348 e. The van der Waals surface area contributed by atoms with E-state index in [-0.39, 0.29) is 5.91 Å². The van der Waals surface area contributed by atoms with Crippen molar-refractivity contribution >= 4 is 5.91 Å². The predicted octanol–water partition coefficient (Wildman–Crippen LogP) is 3.07. The summed E-state index contributed by atoms with van der Waals surface area (Å²) in [5.74, 6) is -0.101. The van der Waals surface area contributed by atoms with E-state index in [1.54, 1.807) is 24.8 Å². The van der Waals surface area contributed by atoms with Gasteiger partial charge in [-0.05, 0) is 35.4 Å². The maximum absolute atomic E-state index is 12.5. The molecule has 0 spiro atoms. The number of benzene rings is 1. The van der Waals surface area contributed by atoms with Gasteiger partial charge in [-0.1, -0.05) is 24.3 Å². The van der Waals surface area contributed by atoms with Crippen LogP contribution in [0.2, 0.25) is 0 Å². The smallest absolute Gasteiger partial charge is 0.252 e. The molecule has 2 heterocycles. The van der Waals surface area contributed by atoms with Crippen molar-refractivity contribution in [1.29, 1.82) is 0 Å². The zero-order valence-electron chi connectivity index (χ0n) is 11.9. The first-order chi connectivity index (χ1) is 10.8. The molecule has 0 aliphatic carbocycles. The molecule has 0 aliphatic rings. The van der Waals surface area contributed by atoms with Gasteiger partial charge in [0, 0.05) is 42.5 Å². The van der Waals surface area contributed by atoms with Crippen LogP contribution in [-0.2, 0) is 6.54 Å². The molecule has 3 rings (SSSR count). The van der Waals surface area contributed by atoms with Crippen LogP contribution < -0.4 is 5.32 Å². The van der Waals surface area contributed by atoms with Crippen LogP contribution in [0.25, 0.3) is 11.1 Å². The van der Waals surface area contributed by atoms with Crippen molar-refractivity contribution in [2.75, 3.05) is 0 Å². The Morgan fingerprint density at radius 1 is 0.909 bits per heavy atom. The highest BCUT2D eigenvalue weighted by molar-refractivity contribution is 6.00. The summed E-state index contributed by atoms with van der Waals surface area (Å²) in [6, 6.07) is 15.1. The minimum Gasteiger partial charge on any atom is -0.348 e. The molecule has 0 unspecified atom stereocenters. The van der Waals surface area contributed by atoms with E-state index in [0.29, 0.717) is 12.1 Å². The number of hydrogen-bond acceptors (Lipinski definition) is 3. The van der Waals surface area contributed by atoms with Gasteiger partial charge >= 0.3 is 0 Å². The third-order valence-corrected chi connectivity index (χ3v) is 3.35. The van der Waals surface area contributed by atoms with Crippen LogP contribution in [0.4, 0.5) is 0 Å². The average molecular weight is 289 g/mol. The van der Waals surface area contributed by atoms with E-state index in [1.807, 2.05) is 48.5 Å². The van der Waals surface area contributed by atoms with Gasteiger partial charge in [0.15, 0.2) is 0 Å². The Hall–Kier alpha value is -3.01. The Labute approximate surface area is 128 Å². The maximum Gasteiger partial charge on any atom is 0.252 e. The Balaban J connectivity index is 1.81. The summed E-state index contributed by atoms with van der Waals surface area (Å²) >= 11 is 0. The van der Waals surface area contributed by atoms with Crippen LogP contribution in [0, 0.1) is 0 Å². The lowest BCUT2D eigenvalue weighted by Crippen LogP contribution is -2.23. The molecule has 0 fully saturated rings. The lowest BCUT2D eigenvalue weighted by Gasteiger charge is -2.10. The molecule has 0 aliphatic heterocycles. The second-order valence-electron chi connectivity index (χ2n) is 4.83. The highest BCUT2D eigenvalue weighted by atomic mass is 16.1. The first-order valence-electron chi connectivity index (χ1n) is 7.01. The number of aromatic nitrogens is 2. The summed E-state index contributed by atoms with van der Waals surface area (Å²) in [5, 5.41) is 2.94. The minimum atomic E-state index is -0.101. The van der Waals surface area contributed by atoms with E-state index >= 15 is 0 Å². The highest BCUT2D eigenvalue weighted by Gasteiger charge is 2.11. The zero-order chi connectivity index (χ0) is 15.2. The van der Waals surface area contributed by atoms with E-state index < -0.39 is 0 Å². The lowest BCUT2D eigenvalue weighted by molar-refractivity contribution is 0.0951. The number of pyridine rings is 2. The minimum absolute atomic E-state index is 0.101. The number of carbonyl (C=O) groups excluding carboxylic acids is 1. The Bertz CT molecular complexity index is 758. The van der Waals surface area contributed by atoms with Crippen molar-refractivity contribution in [2.45, 2.75) is 6.54 Å². The topological polar surface area (TPSA) is 54.9 Å². The fourth-order valence-corrected chi connectivity index (χ4v) is 2.23. The molecule has 22 heavy (non-hydrogen) atoms. The van der Waals surface area contributed by atoms with E-state index in [2.05, 4.69) is 15.3 Å². The number of rotatable bonds is 4. The fourth-order valence-electron chi connectivity index (χ4n) is 2.23. The lowest BCUT2D eigenvalue weighted by atomic mass is 10.0. The van der Waals surface area contributed by atoms with Crippen molar-refractivity contribution < 1.29 is 4.79 Å². The van der Waals surface area contributed by atoms with Crippen molar-refractivity contribution in [3.63, 3.8) is 0 Å². The molecule has 1 amide bonds. The standard InChI is InChI=1S/C18H15N3O/c22-18(21-12-14-7-10-19-11-8-14)17-6-2-1-5-16(17)15-4-3-9-20-13-15/h1-11,13H,12H2,(H,21,22). The molecule has 108 valence electrons. The SMILES string of the molecule is O=C(NCc1ccncc1)c1ccccc1-c1cccnc1. The fraction of sp³-hybridized carbons (Fsp3) is 0.0556. The van der Waals surface area contributed by atoms with Gasteiger partial charge in [0.25, 0.3) is 5.91 Å². The second-order valence-corrected chi connectivity index (χ2v) is 4.83. The molecule has 3 aromatic rings. The van der Waals surface area contributed by atoms with Crippen molar-refractivity contribution in [1.82, 2.24) is 15.3 Å². The summed E-state index contributed by atoms with van der Waals surface area (Å²) in [7, 11) is 0. The molecule has 0 atom stereocenters.